The summed E-state index contributed by atoms with van der Waals surface area (Å²) in [5.74, 6) is 2.40. The van der Waals surface area contributed by atoms with Crippen LogP contribution in [0.4, 0.5) is 5.69 Å². The number of hydrogen-bond donors (Lipinski definition) is 2. The van der Waals surface area contributed by atoms with E-state index in [0.29, 0.717) is 19.1 Å². The highest BCUT2D eigenvalue weighted by molar-refractivity contribution is 5.58. The fourth-order valence-corrected chi connectivity index (χ4v) is 5.78. The molecular weight excluding hydrogens is 450 g/mol. The summed E-state index contributed by atoms with van der Waals surface area (Å²) in [6, 6.07) is 18.9. The second kappa shape index (κ2) is 11.8. The summed E-state index contributed by atoms with van der Waals surface area (Å²) in [5.41, 5.74) is 3.62. The molecule has 2 heterocycles. The first-order valence-corrected chi connectivity index (χ1v) is 13.5. The van der Waals surface area contributed by atoms with Gasteiger partial charge in [-0.2, -0.15) is 0 Å². The van der Waals surface area contributed by atoms with Gasteiger partial charge in [0.05, 0.1) is 44.7 Å². The van der Waals surface area contributed by atoms with Gasteiger partial charge >= 0.3 is 0 Å². The topological polar surface area (TPSA) is 51.3 Å². The van der Waals surface area contributed by atoms with Crippen LogP contribution in [0.3, 0.4) is 0 Å². The summed E-state index contributed by atoms with van der Waals surface area (Å²) >= 11 is 0. The first-order valence-electron chi connectivity index (χ1n) is 13.5. The van der Waals surface area contributed by atoms with Crippen molar-refractivity contribution < 1.29 is 19.5 Å². The fraction of sp³-hybridized carbons (Fsp3) is 0.467. The van der Waals surface area contributed by atoms with Gasteiger partial charge in [0.1, 0.15) is 30.8 Å². The fourth-order valence-electron chi connectivity index (χ4n) is 5.78. The van der Waals surface area contributed by atoms with Crippen LogP contribution in [-0.4, -0.2) is 62.2 Å². The highest BCUT2D eigenvalue weighted by Crippen LogP contribution is 2.36. The van der Waals surface area contributed by atoms with Crippen LogP contribution >= 0.6 is 0 Å². The Balaban J connectivity index is 1.17. The van der Waals surface area contributed by atoms with Crippen molar-refractivity contribution in [1.29, 1.82) is 0 Å². The number of rotatable bonds is 9. The van der Waals surface area contributed by atoms with Crippen molar-refractivity contribution in [3.63, 3.8) is 0 Å². The van der Waals surface area contributed by atoms with Crippen molar-refractivity contribution in [2.75, 3.05) is 51.3 Å². The molecule has 2 N–H and O–H groups in total. The van der Waals surface area contributed by atoms with Crippen molar-refractivity contribution in [2.24, 2.45) is 0 Å². The Morgan fingerprint density at radius 1 is 0.917 bits per heavy atom. The molecule has 1 unspecified atom stereocenters. The number of aromatic nitrogens is 1. The van der Waals surface area contributed by atoms with Crippen molar-refractivity contribution in [1.82, 2.24) is 4.57 Å². The normalized spacial score (nSPS) is 18.2. The summed E-state index contributed by atoms with van der Waals surface area (Å²) in [5, 5.41) is 10.8. The molecule has 0 radical (unpaired) electrons. The molecule has 2 aromatic carbocycles. The molecule has 5 rings (SSSR count). The Kier molecular flexibility index (Phi) is 8.14. The summed E-state index contributed by atoms with van der Waals surface area (Å²) in [4.78, 5) is 3.79. The molecule has 2 fully saturated rings. The summed E-state index contributed by atoms with van der Waals surface area (Å²) in [6.07, 6.45) is 10.2. The zero-order valence-corrected chi connectivity index (χ0v) is 21.4. The van der Waals surface area contributed by atoms with E-state index in [9.17, 15) is 5.11 Å². The van der Waals surface area contributed by atoms with Crippen molar-refractivity contribution in [3.8, 4) is 17.2 Å². The van der Waals surface area contributed by atoms with Crippen LogP contribution in [0.15, 0.2) is 67.0 Å². The molecule has 36 heavy (non-hydrogen) atoms. The number of ether oxygens (including phenoxy) is 2. The number of methoxy groups -OCH3 is 1. The second-order valence-corrected chi connectivity index (χ2v) is 10.2. The molecule has 1 aliphatic heterocycles. The van der Waals surface area contributed by atoms with E-state index in [1.807, 2.05) is 24.3 Å². The molecule has 1 atom stereocenters. The number of aliphatic hydroxyl groups excluding tert-OH is 1. The number of piperazine rings is 1. The van der Waals surface area contributed by atoms with E-state index >= 15 is 0 Å². The lowest BCUT2D eigenvalue weighted by Gasteiger charge is -2.35. The van der Waals surface area contributed by atoms with Crippen LogP contribution in [0.2, 0.25) is 0 Å². The van der Waals surface area contributed by atoms with Crippen LogP contribution in [0.1, 0.15) is 43.6 Å². The third-order valence-electron chi connectivity index (χ3n) is 7.79. The lowest BCUT2D eigenvalue weighted by molar-refractivity contribution is -0.903. The Hall–Kier alpha value is -2.96. The molecule has 192 valence electrons. The van der Waals surface area contributed by atoms with Gasteiger partial charge in [0.2, 0.25) is 0 Å². The lowest BCUT2D eigenvalue weighted by Crippen LogP contribution is -3.16. The van der Waals surface area contributed by atoms with Gasteiger partial charge in [0, 0.05) is 12.4 Å². The SMILES string of the molecule is COc1ccccc1N1CC[NH+](CC(O)COc2ccc(C3CCCCC3)cc2-n2cccc2)CC1. The number of para-hydroxylation sites is 2. The Morgan fingerprint density at radius 2 is 1.67 bits per heavy atom. The number of quaternary nitrogens is 1. The Morgan fingerprint density at radius 3 is 2.42 bits per heavy atom. The molecule has 0 spiro atoms. The van der Waals surface area contributed by atoms with E-state index in [1.165, 1.54) is 42.6 Å². The summed E-state index contributed by atoms with van der Waals surface area (Å²) < 4.78 is 13.9. The predicted octanol–water partition coefficient (Wildman–Crippen LogP) is 3.68. The second-order valence-electron chi connectivity index (χ2n) is 10.2. The molecular formula is C30H40N3O3+. The van der Waals surface area contributed by atoms with Gasteiger partial charge in [0.25, 0.3) is 0 Å². The van der Waals surface area contributed by atoms with E-state index < -0.39 is 6.10 Å². The molecule has 0 amide bonds. The molecule has 1 saturated carbocycles. The average molecular weight is 491 g/mol. The number of nitrogens with one attached hydrogen (secondary N) is 1. The number of aliphatic hydroxyl groups is 1. The Bertz CT molecular complexity index is 1090. The van der Waals surface area contributed by atoms with Gasteiger partial charge in [-0.15, -0.1) is 0 Å². The minimum absolute atomic E-state index is 0.302. The molecule has 0 bridgehead atoms. The standard InChI is InChI=1S/C30H39N3O3/c1-35-29-12-6-5-11-27(29)33-19-17-31(18-20-33)22-26(34)23-36-30-14-13-25(24-9-3-2-4-10-24)21-28(30)32-15-7-8-16-32/h5-8,11-16,21,24,26,34H,2-4,9-10,17-20,22-23H2,1H3/p+1. The number of nitrogens with zero attached hydrogens (tertiary/aromatic N) is 2. The van der Waals surface area contributed by atoms with Gasteiger partial charge in [-0.25, -0.2) is 0 Å². The predicted molar refractivity (Wildman–Crippen MR) is 144 cm³/mol. The highest BCUT2D eigenvalue weighted by atomic mass is 16.5. The van der Waals surface area contributed by atoms with Crippen LogP contribution in [0, 0.1) is 0 Å². The smallest absolute Gasteiger partial charge is 0.143 e. The molecule has 1 aromatic heterocycles. The number of anilines is 1. The van der Waals surface area contributed by atoms with Gasteiger partial charge in [-0.3, -0.25) is 0 Å². The maximum absolute atomic E-state index is 10.8. The largest absolute Gasteiger partial charge is 0.495 e. The first-order chi connectivity index (χ1) is 17.7. The van der Waals surface area contributed by atoms with E-state index in [0.717, 1.165) is 49.1 Å². The molecule has 1 aliphatic carbocycles. The zero-order valence-electron chi connectivity index (χ0n) is 21.4. The van der Waals surface area contributed by atoms with E-state index in [2.05, 4.69) is 52.2 Å². The summed E-state index contributed by atoms with van der Waals surface area (Å²) in [7, 11) is 1.72. The van der Waals surface area contributed by atoms with E-state index in [-0.39, 0.29) is 0 Å². The van der Waals surface area contributed by atoms with Crippen LogP contribution in [0.5, 0.6) is 11.5 Å². The maximum Gasteiger partial charge on any atom is 0.143 e. The highest BCUT2D eigenvalue weighted by Gasteiger charge is 2.25. The van der Waals surface area contributed by atoms with Gasteiger partial charge in [0.15, 0.2) is 0 Å². The monoisotopic (exact) mass is 490 g/mol. The quantitative estimate of drug-likeness (QED) is 0.481. The Labute approximate surface area is 215 Å². The minimum atomic E-state index is -0.506. The lowest BCUT2D eigenvalue weighted by atomic mass is 9.84. The zero-order chi connectivity index (χ0) is 24.7. The molecule has 6 heteroatoms. The molecule has 2 aliphatic rings. The van der Waals surface area contributed by atoms with Crippen LogP contribution < -0.4 is 19.3 Å². The van der Waals surface area contributed by atoms with Gasteiger partial charge in [-0.05, 0) is 60.7 Å². The third kappa shape index (κ3) is 5.88. The molecule has 3 aromatic rings. The van der Waals surface area contributed by atoms with Crippen molar-refractivity contribution in [3.05, 3.63) is 72.6 Å². The van der Waals surface area contributed by atoms with Crippen LogP contribution in [-0.2, 0) is 0 Å². The number of hydrogen-bond acceptors (Lipinski definition) is 4. The van der Waals surface area contributed by atoms with E-state index in [1.54, 1.807) is 7.11 Å². The molecule has 6 nitrogen and oxygen atoms in total. The van der Waals surface area contributed by atoms with Crippen molar-refractivity contribution in [2.45, 2.75) is 44.1 Å². The van der Waals surface area contributed by atoms with Gasteiger partial charge in [-0.1, -0.05) is 37.5 Å². The maximum atomic E-state index is 10.8. The average Bonchev–Trinajstić information content (AvgIpc) is 3.48. The van der Waals surface area contributed by atoms with E-state index in [4.69, 9.17) is 9.47 Å². The van der Waals surface area contributed by atoms with Crippen molar-refractivity contribution >= 4 is 5.69 Å². The minimum Gasteiger partial charge on any atom is -0.495 e. The summed E-state index contributed by atoms with van der Waals surface area (Å²) in [6.45, 7) is 4.86. The molecule has 1 saturated heterocycles. The van der Waals surface area contributed by atoms with Gasteiger partial charge < -0.3 is 28.9 Å². The third-order valence-corrected chi connectivity index (χ3v) is 7.79. The first kappa shape index (κ1) is 24.7. The van der Waals surface area contributed by atoms with Crippen LogP contribution in [0.25, 0.3) is 5.69 Å². The number of benzene rings is 2.